The van der Waals surface area contributed by atoms with Crippen LogP contribution in [0.5, 0.6) is 0 Å². The van der Waals surface area contributed by atoms with Gasteiger partial charge in [-0.1, -0.05) is 26.7 Å². The molecule has 0 saturated heterocycles. The van der Waals surface area contributed by atoms with E-state index in [0.717, 1.165) is 12.7 Å². The van der Waals surface area contributed by atoms with Crippen molar-refractivity contribution in [2.45, 2.75) is 46.0 Å². The molecule has 1 nitrogen and oxygen atoms in total. The quantitative estimate of drug-likeness (QED) is 0.563. The molecule has 4 atom stereocenters. The summed E-state index contributed by atoms with van der Waals surface area (Å²) in [5, 5.41) is 0. The van der Waals surface area contributed by atoms with E-state index in [4.69, 9.17) is 6.58 Å². The van der Waals surface area contributed by atoms with Gasteiger partial charge in [0.1, 0.15) is 6.29 Å². The van der Waals surface area contributed by atoms with E-state index < -0.39 is 0 Å². The Labute approximate surface area is 124 Å². The molecule has 2 aliphatic rings. The molecule has 0 aromatic heterocycles. The van der Waals surface area contributed by atoms with Crippen molar-refractivity contribution < 1.29 is 37.5 Å². The third-order valence-corrected chi connectivity index (χ3v) is 4.89. The molecular formula is C14H21OY-. The molecule has 0 aromatic carbocycles. The summed E-state index contributed by atoms with van der Waals surface area (Å²) in [5.74, 6) is 1.34. The second kappa shape index (κ2) is 5.44. The van der Waals surface area contributed by atoms with Crippen molar-refractivity contribution in [3.63, 3.8) is 0 Å². The number of aldehydes is 1. The molecule has 87 valence electrons. The molecule has 0 aromatic rings. The average molecular weight is 294 g/mol. The maximum absolute atomic E-state index is 11.0. The number of rotatable bonds is 2. The molecule has 16 heavy (non-hydrogen) atoms. The maximum atomic E-state index is 11.0. The van der Waals surface area contributed by atoms with Gasteiger partial charge in [0.25, 0.3) is 0 Å². The van der Waals surface area contributed by atoms with E-state index in [0.29, 0.717) is 17.3 Å². The third kappa shape index (κ3) is 2.23. The van der Waals surface area contributed by atoms with Crippen molar-refractivity contribution in [3.8, 4) is 0 Å². The number of hydrogen-bond acceptors (Lipinski definition) is 1. The monoisotopic (exact) mass is 294 g/mol. The Balaban J connectivity index is 0.00000128. The standard InChI is InChI=1S/C14H21O.Y/c1-10-5-4-8-14(3)12(10)6-7-13(14)11(2)9-15;/h1,9,11-13H,4-8H2,2-3H3;/q-1;/t11-,12?,13-,14+;/m1./s1. The zero-order valence-corrected chi connectivity index (χ0v) is 13.2. The molecular weight excluding hydrogens is 273 g/mol. The van der Waals surface area contributed by atoms with Crippen LogP contribution in [0.1, 0.15) is 46.0 Å². The summed E-state index contributed by atoms with van der Waals surface area (Å²) < 4.78 is 0. The van der Waals surface area contributed by atoms with Crippen LogP contribution >= 0.6 is 0 Å². The first kappa shape index (κ1) is 14.6. The Bertz CT molecular complexity index is 286. The molecule has 2 fully saturated rings. The largest absolute Gasteiger partial charge is 0.514 e. The van der Waals surface area contributed by atoms with Crippen LogP contribution in [-0.4, -0.2) is 6.29 Å². The summed E-state index contributed by atoms with van der Waals surface area (Å²) in [7, 11) is 0. The summed E-state index contributed by atoms with van der Waals surface area (Å²) in [6.45, 7) is 10.6. The van der Waals surface area contributed by atoms with Crippen LogP contribution in [0, 0.1) is 29.7 Å². The Morgan fingerprint density at radius 3 is 2.81 bits per heavy atom. The summed E-state index contributed by atoms with van der Waals surface area (Å²) in [6.07, 6.45) is 7.07. The van der Waals surface area contributed by atoms with Gasteiger partial charge in [0.05, 0.1) is 0 Å². The molecule has 2 rings (SSSR count). The second-order valence-electron chi connectivity index (χ2n) is 5.67. The number of hydrogen-bond donors (Lipinski definition) is 0. The van der Waals surface area contributed by atoms with Gasteiger partial charge >= 0.3 is 0 Å². The van der Waals surface area contributed by atoms with Crippen molar-refractivity contribution in [3.05, 3.63) is 12.2 Å². The number of carbonyl (C=O) groups excluding carboxylic acids is 1. The molecule has 0 heterocycles. The molecule has 1 radical (unpaired) electrons. The van der Waals surface area contributed by atoms with Gasteiger partial charge in [0, 0.05) is 38.6 Å². The average Bonchev–Trinajstić information content (AvgIpc) is 2.56. The fourth-order valence-electron chi connectivity index (χ4n) is 4.04. The van der Waals surface area contributed by atoms with Crippen LogP contribution in [0.15, 0.2) is 5.57 Å². The minimum absolute atomic E-state index is 0. The summed E-state index contributed by atoms with van der Waals surface area (Å²) >= 11 is 0. The predicted octanol–water partition coefficient (Wildman–Crippen LogP) is 3.39. The molecule has 0 bridgehead atoms. The Morgan fingerprint density at radius 2 is 2.19 bits per heavy atom. The van der Waals surface area contributed by atoms with Gasteiger partial charge in [-0.25, -0.2) is 0 Å². The number of fused-ring (bicyclic) bond motifs is 1. The van der Waals surface area contributed by atoms with Crippen LogP contribution < -0.4 is 0 Å². The van der Waals surface area contributed by atoms with Gasteiger partial charge in [-0.3, -0.25) is 5.57 Å². The zero-order valence-electron chi connectivity index (χ0n) is 10.4. The van der Waals surface area contributed by atoms with E-state index in [-0.39, 0.29) is 38.6 Å². The van der Waals surface area contributed by atoms with Crippen LogP contribution in [0.2, 0.25) is 0 Å². The SMILES string of the molecule is [CH-]=C1CCC[C@@]2(C)C1CC[C@@H]2[C@H](C)C=O.[Y]. The molecule has 0 aliphatic heterocycles. The van der Waals surface area contributed by atoms with E-state index in [1.165, 1.54) is 31.3 Å². The second-order valence-corrected chi connectivity index (χ2v) is 5.67. The normalized spacial score (nSPS) is 39.8. The van der Waals surface area contributed by atoms with Crippen molar-refractivity contribution in [1.82, 2.24) is 0 Å². The van der Waals surface area contributed by atoms with E-state index >= 15 is 0 Å². The Morgan fingerprint density at radius 1 is 1.50 bits per heavy atom. The van der Waals surface area contributed by atoms with E-state index in [2.05, 4.69) is 13.8 Å². The first-order valence-electron chi connectivity index (χ1n) is 6.16. The van der Waals surface area contributed by atoms with Gasteiger partial charge in [0.2, 0.25) is 0 Å². The topological polar surface area (TPSA) is 17.1 Å². The zero-order chi connectivity index (χ0) is 11.1. The molecule has 0 spiro atoms. The third-order valence-electron chi connectivity index (χ3n) is 4.89. The van der Waals surface area contributed by atoms with Crippen LogP contribution in [0.3, 0.4) is 0 Å². The fourth-order valence-corrected chi connectivity index (χ4v) is 4.04. The minimum Gasteiger partial charge on any atom is -0.514 e. The van der Waals surface area contributed by atoms with Crippen molar-refractivity contribution >= 4 is 6.29 Å². The van der Waals surface area contributed by atoms with Crippen molar-refractivity contribution in [2.75, 3.05) is 0 Å². The molecule has 0 amide bonds. The maximum Gasteiger partial charge on any atom is 0.123 e. The summed E-state index contributed by atoms with van der Waals surface area (Å²) in [4.78, 5) is 11.0. The van der Waals surface area contributed by atoms with Crippen LogP contribution in [-0.2, 0) is 37.5 Å². The molecule has 2 heteroatoms. The molecule has 1 unspecified atom stereocenters. The first-order valence-corrected chi connectivity index (χ1v) is 6.16. The fraction of sp³-hybridized carbons (Fsp3) is 0.786. The van der Waals surface area contributed by atoms with Gasteiger partial charge in [0.15, 0.2) is 0 Å². The predicted molar refractivity (Wildman–Crippen MR) is 61.2 cm³/mol. The number of carbonyl (C=O) groups is 1. The Hall–Kier alpha value is 0.514. The van der Waals surface area contributed by atoms with Gasteiger partial charge < -0.3 is 11.4 Å². The van der Waals surface area contributed by atoms with Crippen molar-refractivity contribution in [1.29, 1.82) is 0 Å². The van der Waals surface area contributed by atoms with E-state index in [9.17, 15) is 4.79 Å². The Kier molecular flexibility index (Phi) is 4.95. The van der Waals surface area contributed by atoms with Crippen LogP contribution in [0.4, 0.5) is 0 Å². The van der Waals surface area contributed by atoms with Gasteiger partial charge in [-0.05, 0) is 36.5 Å². The first-order chi connectivity index (χ1) is 7.09. The molecule has 2 aliphatic carbocycles. The van der Waals surface area contributed by atoms with Gasteiger partial charge in [-0.15, -0.1) is 0 Å². The summed E-state index contributed by atoms with van der Waals surface area (Å²) in [5.41, 5.74) is 1.51. The number of allylic oxidation sites excluding steroid dienone is 1. The van der Waals surface area contributed by atoms with Crippen molar-refractivity contribution in [2.24, 2.45) is 23.2 Å². The summed E-state index contributed by atoms with van der Waals surface area (Å²) in [6, 6.07) is 0. The minimum atomic E-state index is 0. The van der Waals surface area contributed by atoms with E-state index in [1.807, 2.05) is 0 Å². The molecule has 2 saturated carbocycles. The smallest absolute Gasteiger partial charge is 0.123 e. The van der Waals surface area contributed by atoms with Gasteiger partial charge in [-0.2, -0.15) is 0 Å². The molecule has 0 N–H and O–H groups in total. The van der Waals surface area contributed by atoms with E-state index in [1.54, 1.807) is 0 Å². The van der Waals surface area contributed by atoms with Crippen LogP contribution in [0.25, 0.3) is 0 Å².